The molecule has 70 valence electrons. The van der Waals surface area contributed by atoms with E-state index >= 15 is 0 Å². The van der Waals surface area contributed by atoms with Gasteiger partial charge in [0.15, 0.2) is 0 Å². The van der Waals surface area contributed by atoms with Crippen LogP contribution in [0.15, 0.2) is 18.5 Å². The van der Waals surface area contributed by atoms with Gasteiger partial charge in [-0.1, -0.05) is 0 Å². The SMILES string of the molecule is Nc1cncc(C2CNCCO2)c1. The molecule has 1 unspecified atom stereocenters. The first-order valence-electron chi connectivity index (χ1n) is 4.39. The van der Waals surface area contributed by atoms with Crippen molar-refractivity contribution in [3.8, 4) is 0 Å². The summed E-state index contributed by atoms with van der Waals surface area (Å²) in [6.45, 7) is 2.51. The second-order valence-electron chi connectivity index (χ2n) is 3.12. The summed E-state index contributed by atoms with van der Waals surface area (Å²) in [6, 6.07) is 1.91. The van der Waals surface area contributed by atoms with E-state index in [1.54, 1.807) is 12.4 Å². The highest BCUT2D eigenvalue weighted by molar-refractivity contribution is 5.37. The van der Waals surface area contributed by atoms with E-state index in [1.165, 1.54) is 0 Å². The molecule has 4 nitrogen and oxygen atoms in total. The average molecular weight is 179 g/mol. The first-order valence-corrected chi connectivity index (χ1v) is 4.39. The lowest BCUT2D eigenvalue weighted by molar-refractivity contribution is 0.0275. The van der Waals surface area contributed by atoms with Crippen LogP contribution in [0.4, 0.5) is 5.69 Å². The number of anilines is 1. The molecule has 13 heavy (non-hydrogen) atoms. The lowest BCUT2D eigenvalue weighted by Crippen LogP contribution is -2.33. The quantitative estimate of drug-likeness (QED) is 0.652. The maximum absolute atomic E-state index is 5.63. The van der Waals surface area contributed by atoms with E-state index < -0.39 is 0 Å². The summed E-state index contributed by atoms with van der Waals surface area (Å²) in [7, 11) is 0. The minimum atomic E-state index is 0.102. The van der Waals surface area contributed by atoms with Gasteiger partial charge in [0.2, 0.25) is 0 Å². The van der Waals surface area contributed by atoms with Crippen LogP contribution in [0.3, 0.4) is 0 Å². The van der Waals surface area contributed by atoms with Gasteiger partial charge in [-0.15, -0.1) is 0 Å². The van der Waals surface area contributed by atoms with Crippen LogP contribution >= 0.6 is 0 Å². The first-order chi connectivity index (χ1) is 6.36. The lowest BCUT2D eigenvalue weighted by Gasteiger charge is -2.23. The van der Waals surface area contributed by atoms with E-state index in [4.69, 9.17) is 10.5 Å². The molecule has 1 aliphatic rings. The number of hydrogen-bond acceptors (Lipinski definition) is 4. The molecule has 0 aromatic carbocycles. The number of hydrogen-bond donors (Lipinski definition) is 2. The molecule has 2 heterocycles. The van der Waals surface area contributed by atoms with Crippen LogP contribution in [0.2, 0.25) is 0 Å². The van der Waals surface area contributed by atoms with Gasteiger partial charge in [0.05, 0.1) is 18.4 Å². The van der Waals surface area contributed by atoms with Crippen molar-refractivity contribution in [2.24, 2.45) is 0 Å². The third-order valence-corrected chi connectivity index (χ3v) is 2.08. The molecule has 0 bridgehead atoms. The minimum absolute atomic E-state index is 0.102. The smallest absolute Gasteiger partial charge is 0.0965 e. The van der Waals surface area contributed by atoms with Crippen LogP contribution in [0.25, 0.3) is 0 Å². The van der Waals surface area contributed by atoms with Crippen molar-refractivity contribution < 1.29 is 4.74 Å². The van der Waals surface area contributed by atoms with E-state index in [0.29, 0.717) is 5.69 Å². The molecule has 1 aromatic heterocycles. The number of nitrogens with one attached hydrogen (secondary N) is 1. The van der Waals surface area contributed by atoms with Gasteiger partial charge in [0.25, 0.3) is 0 Å². The Bertz CT molecular complexity index is 284. The second-order valence-corrected chi connectivity index (χ2v) is 3.12. The third-order valence-electron chi connectivity index (χ3n) is 2.08. The Morgan fingerprint density at radius 1 is 1.54 bits per heavy atom. The summed E-state index contributed by atoms with van der Waals surface area (Å²) in [5, 5.41) is 3.26. The molecule has 0 saturated carbocycles. The molecule has 0 amide bonds. The highest BCUT2D eigenvalue weighted by Gasteiger charge is 2.15. The Morgan fingerprint density at radius 3 is 3.15 bits per heavy atom. The van der Waals surface area contributed by atoms with Crippen LogP contribution in [-0.2, 0) is 4.74 Å². The van der Waals surface area contributed by atoms with Crippen LogP contribution in [-0.4, -0.2) is 24.7 Å². The average Bonchev–Trinajstić information content (AvgIpc) is 2.19. The first kappa shape index (κ1) is 8.47. The molecule has 0 spiro atoms. The standard InChI is InChI=1S/C9H13N3O/c10-8-3-7(4-12-5-8)9-6-11-1-2-13-9/h3-5,9,11H,1-2,6,10H2. The molecule has 1 saturated heterocycles. The summed E-state index contributed by atoms with van der Waals surface area (Å²) in [5.41, 5.74) is 7.36. The Hall–Kier alpha value is -1.13. The summed E-state index contributed by atoms with van der Waals surface area (Å²) >= 11 is 0. The molecular weight excluding hydrogens is 166 g/mol. The molecule has 0 radical (unpaired) electrons. The molecule has 2 rings (SSSR count). The fourth-order valence-electron chi connectivity index (χ4n) is 1.43. The molecule has 1 aliphatic heterocycles. The summed E-state index contributed by atoms with van der Waals surface area (Å²) in [5.74, 6) is 0. The zero-order valence-corrected chi connectivity index (χ0v) is 7.36. The monoisotopic (exact) mass is 179 g/mol. The van der Waals surface area contributed by atoms with E-state index in [2.05, 4.69) is 10.3 Å². The van der Waals surface area contributed by atoms with Gasteiger partial charge in [-0.25, -0.2) is 0 Å². The molecule has 1 aromatic rings. The minimum Gasteiger partial charge on any atom is -0.397 e. The van der Waals surface area contributed by atoms with E-state index in [9.17, 15) is 0 Å². The Labute approximate surface area is 77.1 Å². The van der Waals surface area contributed by atoms with Gasteiger partial charge in [0, 0.05) is 31.0 Å². The van der Waals surface area contributed by atoms with Crippen LogP contribution < -0.4 is 11.1 Å². The molecule has 1 atom stereocenters. The van der Waals surface area contributed by atoms with Gasteiger partial charge < -0.3 is 15.8 Å². The predicted molar refractivity (Wildman–Crippen MR) is 50.2 cm³/mol. The maximum atomic E-state index is 5.63. The normalized spacial score (nSPS) is 22.9. The van der Waals surface area contributed by atoms with Crippen molar-refractivity contribution in [3.63, 3.8) is 0 Å². The Kier molecular flexibility index (Phi) is 2.42. The van der Waals surface area contributed by atoms with E-state index in [1.807, 2.05) is 6.07 Å². The van der Waals surface area contributed by atoms with E-state index in [0.717, 1.165) is 25.3 Å². The van der Waals surface area contributed by atoms with Crippen molar-refractivity contribution in [1.82, 2.24) is 10.3 Å². The van der Waals surface area contributed by atoms with Crippen molar-refractivity contribution in [2.75, 3.05) is 25.4 Å². The van der Waals surface area contributed by atoms with Crippen molar-refractivity contribution >= 4 is 5.69 Å². The van der Waals surface area contributed by atoms with E-state index in [-0.39, 0.29) is 6.10 Å². The number of rotatable bonds is 1. The largest absolute Gasteiger partial charge is 0.397 e. The number of pyridine rings is 1. The third kappa shape index (κ3) is 1.96. The zero-order chi connectivity index (χ0) is 9.10. The van der Waals surface area contributed by atoms with Gasteiger partial charge in [-0.05, 0) is 6.07 Å². The second kappa shape index (κ2) is 3.72. The predicted octanol–water partition coefficient (Wildman–Crippen LogP) is 0.325. The van der Waals surface area contributed by atoms with Crippen molar-refractivity contribution in [1.29, 1.82) is 0 Å². The zero-order valence-electron chi connectivity index (χ0n) is 7.36. The number of ether oxygens (including phenoxy) is 1. The van der Waals surface area contributed by atoms with Crippen LogP contribution in [0.5, 0.6) is 0 Å². The summed E-state index contributed by atoms with van der Waals surface area (Å²) in [6.07, 6.45) is 3.54. The summed E-state index contributed by atoms with van der Waals surface area (Å²) in [4.78, 5) is 4.03. The number of nitrogens with zero attached hydrogens (tertiary/aromatic N) is 1. The van der Waals surface area contributed by atoms with Crippen molar-refractivity contribution in [2.45, 2.75) is 6.10 Å². The van der Waals surface area contributed by atoms with Gasteiger partial charge >= 0.3 is 0 Å². The highest BCUT2D eigenvalue weighted by Crippen LogP contribution is 2.18. The Balaban J connectivity index is 2.14. The van der Waals surface area contributed by atoms with Gasteiger partial charge in [-0.3, -0.25) is 4.98 Å². The fourth-order valence-corrected chi connectivity index (χ4v) is 1.43. The number of aromatic nitrogens is 1. The number of morpholine rings is 1. The lowest BCUT2D eigenvalue weighted by atomic mass is 10.1. The fraction of sp³-hybridized carbons (Fsp3) is 0.444. The Morgan fingerprint density at radius 2 is 2.46 bits per heavy atom. The molecule has 3 N–H and O–H groups in total. The van der Waals surface area contributed by atoms with Gasteiger partial charge in [-0.2, -0.15) is 0 Å². The van der Waals surface area contributed by atoms with Gasteiger partial charge in [0.1, 0.15) is 0 Å². The van der Waals surface area contributed by atoms with Crippen molar-refractivity contribution in [3.05, 3.63) is 24.0 Å². The molecule has 1 fully saturated rings. The topological polar surface area (TPSA) is 60.2 Å². The summed E-state index contributed by atoms with van der Waals surface area (Å²) < 4.78 is 5.56. The molecular formula is C9H13N3O. The van der Waals surface area contributed by atoms with Crippen LogP contribution in [0, 0.1) is 0 Å². The maximum Gasteiger partial charge on any atom is 0.0965 e. The highest BCUT2D eigenvalue weighted by atomic mass is 16.5. The molecule has 0 aliphatic carbocycles. The molecule has 4 heteroatoms. The van der Waals surface area contributed by atoms with Crippen LogP contribution in [0.1, 0.15) is 11.7 Å². The number of nitrogens with two attached hydrogens (primary N) is 1. The number of nitrogen functional groups attached to an aromatic ring is 1.